The topological polar surface area (TPSA) is 54.5 Å². The first-order valence-corrected chi connectivity index (χ1v) is 4.70. The molecule has 0 fully saturated rings. The summed E-state index contributed by atoms with van der Waals surface area (Å²) in [4.78, 5) is 0. The zero-order chi connectivity index (χ0) is 11.4. The minimum absolute atomic E-state index is 0.0767. The first-order chi connectivity index (χ1) is 7.11. The number of hydrogen-bond donors (Lipinski definition) is 0. The summed E-state index contributed by atoms with van der Waals surface area (Å²) in [7, 11) is 0. The van der Waals surface area contributed by atoms with Crippen molar-refractivity contribution in [3.8, 4) is 6.07 Å². The molecule has 0 N–H and O–H groups in total. The summed E-state index contributed by atoms with van der Waals surface area (Å²) in [6.45, 7) is 3.67. The maximum Gasteiger partial charge on any atom is 0.281 e. The first kappa shape index (κ1) is 11.6. The molecule has 1 rings (SSSR count). The molecule has 0 aliphatic rings. The van der Waals surface area contributed by atoms with E-state index in [1.807, 2.05) is 6.92 Å². The third-order valence-corrected chi connectivity index (χ3v) is 2.27. The van der Waals surface area contributed by atoms with Crippen LogP contribution in [0.25, 0.3) is 0 Å². The number of aromatic nitrogens is 3. The van der Waals surface area contributed by atoms with Crippen LogP contribution in [0.5, 0.6) is 0 Å². The molecule has 1 heterocycles. The number of nitriles is 1. The van der Waals surface area contributed by atoms with Gasteiger partial charge in [-0.25, -0.2) is 13.5 Å². The normalized spacial score (nSPS) is 12.8. The third-order valence-electron chi connectivity index (χ3n) is 2.27. The summed E-state index contributed by atoms with van der Waals surface area (Å²) in [5, 5.41) is 15.7. The molecule has 0 aliphatic carbocycles. The maximum atomic E-state index is 12.7. The van der Waals surface area contributed by atoms with Crippen LogP contribution >= 0.6 is 0 Å². The van der Waals surface area contributed by atoms with E-state index in [2.05, 4.69) is 10.3 Å². The highest BCUT2D eigenvalue weighted by Gasteiger charge is 2.23. The van der Waals surface area contributed by atoms with E-state index in [4.69, 9.17) is 5.26 Å². The summed E-state index contributed by atoms with van der Waals surface area (Å²) in [6, 6.07) is 1.67. The molecule has 0 amide bonds. The lowest BCUT2D eigenvalue weighted by Gasteiger charge is -2.12. The molecule has 1 atom stereocenters. The first-order valence-electron chi connectivity index (χ1n) is 4.70. The predicted octanol–water partition coefficient (Wildman–Crippen LogP) is 2.25. The van der Waals surface area contributed by atoms with Crippen molar-refractivity contribution in [2.75, 3.05) is 0 Å². The van der Waals surface area contributed by atoms with Crippen molar-refractivity contribution in [2.45, 2.75) is 39.2 Å². The van der Waals surface area contributed by atoms with Crippen molar-refractivity contribution in [3.63, 3.8) is 0 Å². The van der Waals surface area contributed by atoms with Gasteiger partial charge in [-0.05, 0) is 13.3 Å². The highest BCUT2D eigenvalue weighted by Crippen LogP contribution is 2.25. The van der Waals surface area contributed by atoms with Gasteiger partial charge in [0.15, 0.2) is 0 Å². The van der Waals surface area contributed by atoms with E-state index in [0.717, 1.165) is 0 Å². The van der Waals surface area contributed by atoms with Crippen LogP contribution in [0.2, 0.25) is 0 Å². The molecule has 0 spiro atoms. The monoisotopic (exact) mass is 214 g/mol. The lowest BCUT2D eigenvalue weighted by molar-refractivity contribution is 0.135. The second-order valence-corrected chi connectivity index (χ2v) is 3.26. The number of halogens is 2. The molecule has 4 nitrogen and oxygen atoms in total. The molecule has 0 bridgehead atoms. The van der Waals surface area contributed by atoms with E-state index < -0.39 is 6.43 Å². The molecular weight excluding hydrogens is 202 g/mol. The quantitative estimate of drug-likeness (QED) is 0.772. The molecule has 0 radical (unpaired) electrons. The Kier molecular flexibility index (Phi) is 3.72. The Morgan fingerprint density at radius 2 is 2.20 bits per heavy atom. The van der Waals surface area contributed by atoms with Gasteiger partial charge in [0, 0.05) is 0 Å². The summed E-state index contributed by atoms with van der Waals surface area (Å²) in [5.41, 5.74) is -0.154. The molecule has 0 aromatic carbocycles. The van der Waals surface area contributed by atoms with Crippen LogP contribution in [-0.4, -0.2) is 15.0 Å². The minimum atomic E-state index is -2.64. The highest BCUT2D eigenvalue weighted by atomic mass is 19.3. The van der Waals surface area contributed by atoms with Crippen molar-refractivity contribution in [1.29, 1.82) is 5.26 Å². The smallest absolute Gasteiger partial charge is 0.240 e. The van der Waals surface area contributed by atoms with Gasteiger partial charge in [0.2, 0.25) is 0 Å². The molecule has 15 heavy (non-hydrogen) atoms. The van der Waals surface area contributed by atoms with Gasteiger partial charge in [0.05, 0.1) is 18.5 Å². The fourth-order valence-electron chi connectivity index (χ4n) is 1.26. The number of hydrogen-bond acceptors (Lipinski definition) is 3. The molecule has 1 unspecified atom stereocenters. The second-order valence-electron chi connectivity index (χ2n) is 3.26. The van der Waals surface area contributed by atoms with Crippen LogP contribution < -0.4 is 0 Å². The van der Waals surface area contributed by atoms with Crippen LogP contribution in [0, 0.1) is 11.3 Å². The van der Waals surface area contributed by atoms with Crippen LogP contribution in [-0.2, 0) is 6.42 Å². The number of alkyl halides is 2. The van der Waals surface area contributed by atoms with Gasteiger partial charge in [-0.2, -0.15) is 5.26 Å². The van der Waals surface area contributed by atoms with E-state index >= 15 is 0 Å². The molecule has 1 aromatic rings. The SMILES string of the molecule is CCC(C)n1nnc(CC#N)c1C(F)F. The Hall–Kier alpha value is -1.51. The van der Waals surface area contributed by atoms with Crippen molar-refractivity contribution in [3.05, 3.63) is 11.4 Å². The summed E-state index contributed by atoms with van der Waals surface area (Å²) >= 11 is 0. The molecule has 0 aliphatic heterocycles. The van der Waals surface area contributed by atoms with Crippen LogP contribution in [0.1, 0.15) is 44.1 Å². The van der Waals surface area contributed by atoms with Crippen molar-refractivity contribution < 1.29 is 8.78 Å². The molecule has 0 saturated carbocycles. The van der Waals surface area contributed by atoms with Crippen LogP contribution in [0.15, 0.2) is 0 Å². The van der Waals surface area contributed by atoms with E-state index in [1.165, 1.54) is 4.68 Å². The lowest BCUT2D eigenvalue weighted by atomic mass is 10.2. The number of nitrogens with zero attached hydrogens (tertiary/aromatic N) is 4. The van der Waals surface area contributed by atoms with Gasteiger partial charge in [-0.1, -0.05) is 12.1 Å². The van der Waals surface area contributed by atoms with Gasteiger partial charge in [0.25, 0.3) is 6.43 Å². The zero-order valence-electron chi connectivity index (χ0n) is 8.61. The lowest BCUT2D eigenvalue weighted by Crippen LogP contribution is -2.11. The fourth-order valence-corrected chi connectivity index (χ4v) is 1.26. The van der Waals surface area contributed by atoms with Gasteiger partial charge >= 0.3 is 0 Å². The summed E-state index contributed by atoms with van der Waals surface area (Å²) < 4.78 is 26.7. The van der Waals surface area contributed by atoms with E-state index in [1.54, 1.807) is 13.0 Å². The minimum Gasteiger partial charge on any atom is -0.240 e. The molecule has 1 aromatic heterocycles. The van der Waals surface area contributed by atoms with Gasteiger partial charge in [-0.3, -0.25) is 0 Å². The van der Waals surface area contributed by atoms with Crippen LogP contribution in [0.3, 0.4) is 0 Å². The van der Waals surface area contributed by atoms with E-state index in [0.29, 0.717) is 6.42 Å². The zero-order valence-corrected chi connectivity index (χ0v) is 8.61. The van der Waals surface area contributed by atoms with Crippen molar-refractivity contribution in [2.24, 2.45) is 0 Å². The highest BCUT2D eigenvalue weighted by molar-refractivity contribution is 5.16. The van der Waals surface area contributed by atoms with Gasteiger partial charge in [-0.15, -0.1) is 5.10 Å². The standard InChI is InChI=1S/C9H12F2N4/c1-3-6(2)15-8(9(10)11)7(4-5-12)13-14-15/h6,9H,3-4H2,1-2H3. The third kappa shape index (κ3) is 2.29. The predicted molar refractivity (Wildman–Crippen MR) is 49.3 cm³/mol. The molecular formula is C9H12F2N4. The Morgan fingerprint density at radius 3 is 2.67 bits per heavy atom. The average molecular weight is 214 g/mol. The van der Waals surface area contributed by atoms with Gasteiger partial charge < -0.3 is 0 Å². The van der Waals surface area contributed by atoms with Gasteiger partial charge in [0.1, 0.15) is 11.4 Å². The van der Waals surface area contributed by atoms with Crippen LogP contribution in [0.4, 0.5) is 8.78 Å². The van der Waals surface area contributed by atoms with E-state index in [-0.39, 0.29) is 23.9 Å². The van der Waals surface area contributed by atoms with Crippen molar-refractivity contribution in [1.82, 2.24) is 15.0 Å². The Labute approximate surface area is 86.5 Å². The largest absolute Gasteiger partial charge is 0.281 e. The molecule has 0 saturated heterocycles. The second kappa shape index (κ2) is 4.82. The average Bonchev–Trinajstić information content (AvgIpc) is 2.61. The Morgan fingerprint density at radius 1 is 1.53 bits per heavy atom. The summed E-state index contributed by atoms with van der Waals surface area (Å²) in [6.07, 6.45) is -2.08. The Bertz CT molecular complexity index is 367. The Balaban J connectivity index is 3.13. The fraction of sp³-hybridized carbons (Fsp3) is 0.667. The number of rotatable bonds is 4. The molecule has 6 heteroatoms. The molecule has 82 valence electrons. The maximum absolute atomic E-state index is 12.7. The van der Waals surface area contributed by atoms with Crippen molar-refractivity contribution >= 4 is 0 Å². The summed E-state index contributed by atoms with van der Waals surface area (Å²) in [5.74, 6) is 0. The van der Waals surface area contributed by atoms with E-state index in [9.17, 15) is 8.78 Å².